The fourth-order valence-electron chi connectivity index (χ4n) is 3.74. The number of anilines is 1. The predicted octanol–water partition coefficient (Wildman–Crippen LogP) is 4.29. The van der Waals surface area contributed by atoms with Gasteiger partial charge in [0.05, 0.1) is 0 Å². The van der Waals surface area contributed by atoms with Gasteiger partial charge in [0.2, 0.25) is 0 Å². The van der Waals surface area contributed by atoms with Crippen molar-refractivity contribution in [1.82, 2.24) is 0 Å². The molecule has 118 valence electrons. The van der Waals surface area contributed by atoms with Gasteiger partial charge in [-0.25, -0.2) is 0 Å². The van der Waals surface area contributed by atoms with Crippen molar-refractivity contribution in [3.63, 3.8) is 0 Å². The molecule has 1 aromatic rings. The molecule has 2 heteroatoms. The third kappa shape index (κ3) is 4.00. The van der Waals surface area contributed by atoms with E-state index in [2.05, 4.69) is 50.9 Å². The van der Waals surface area contributed by atoms with Gasteiger partial charge in [-0.05, 0) is 55.7 Å². The lowest BCUT2D eigenvalue weighted by molar-refractivity contribution is 0.321. The SMILES string of the molecule is CCC(N)Cc1ccc(N(C)C2CCCCC2C)c(C)c1. The highest BCUT2D eigenvalue weighted by molar-refractivity contribution is 5.55. The quantitative estimate of drug-likeness (QED) is 0.875. The molecule has 1 saturated carbocycles. The summed E-state index contributed by atoms with van der Waals surface area (Å²) in [7, 11) is 2.27. The van der Waals surface area contributed by atoms with Gasteiger partial charge in [0.25, 0.3) is 0 Å². The summed E-state index contributed by atoms with van der Waals surface area (Å²) in [5, 5.41) is 0. The molecule has 1 aliphatic carbocycles. The van der Waals surface area contributed by atoms with E-state index < -0.39 is 0 Å². The summed E-state index contributed by atoms with van der Waals surface area (Å²) in [5.74, 6) is 0.802. The molecule has 0 heterocycles. The van der Waals surface area contributed by atoms with Crippen LogP contribution in [0.3, 0.4) is 0 Å². The molecule has 0 saturated heterocycles. The lowest BCUT2D eigenvalue weighted by atomic mass is 9.84. The van der Waals surface area contributed by atoms with E-state index >= 15 is 0 Å². The van der Waals surface area contributed by atoms with Crippen molar-refractivity contribution >= 4 is 5.69 Å². The summed E-state index contributed by atoms with van der Waals surface area (Å²) in [6.45, 7) is 6.80. The van der Waals surface area contributed by atoms with Gasteiger partial charge in [0, 0.05) is 24.8 Å². The maximum absolute atomic E-state index is 6.08. The van der Waals surface area contributed by atoms with Crippen molar-refractivity contribution in [2.75, 3.05) is 11.9 Å². The van der Waals surface area contributed by atoms with E-state index in [1.54, 1.807) is 0 Å². The molecular formula is C19H32N2. The van der Waals surface area contributed by atoms with E-state index in [-0.39, 0.29) is 6.04 Å². The zero-order valence-corrected chi connectivity index (χ0v) is 14.2. The van der Waals surface area contributed by atoms with Crippen molar-refractivity contribution in [3.8, 4) is 0 Å². The van der Waals surface area contributed by atoms with Crippen molar-refractivity contribution in [2.24, 2.45) is 11.7 Å². The van der Waals surface area contributed by atoms with E-state index in [1.807, 2.05) is 0 Å². The lowest BCUT2D eigenvalue weighted by Crippen LogP contribution is -2.39. The van der Waals surface area contributed by atoms with Crippen LogP contribution in [0.2, 0.25) is 0 Å². The highest BCUT2D eigenvalue weighted by Gasteiger charge is 2.25. The van der Waals surface area contributed by atoms with E-state index in [4.69, 9.17) is 5.73 Å². The molecule has 2 rings (SSSR count). The fraction of sp³-hybridized carbons (Fsp3) is 0.684. The second-order valence-corrected chi connectivity index (χ2v) is 6.93. The average molecular weight is 288 g/mol. The number of aryl methyl sites for hydroxylation is 1. The van der Waals surface area contributed by atoms with Gasteiger partial charge in [-0.2, -0.15) is 0 Å². The molecule has 0 radical (unpaired) electrons. The number of benzene rings is 1. The van der Waals surface area contributed by atoms with E-state index in [0.29, 0.717) is 6.04 Å². The van der Waals surface area contributed by atoms with Crippen LogP contribution in [-0.4, -0.2) is 19.1 Å². The summed E-state index contributed by atoms with van der Waals surface area (Å²) in [5.41, 5.74) is 10.2. The van der Waals surface area contributed by atoms with Crippen LogP contribution in [0.15, 0.2) is 18.2 Å². The molecule has 21 heavy (non-hydrogen) atoms. The zero-order valence-electron chi connectivity index (χ0n) is 14.2. The van der Waals surface area contributed by atoms with Crippen molar-refractivity contribution in [2.45, 2.75) is 71.4 Å². The van der Waals surface area contributed by atoms with Crippen LogP contribution in [-0.2, 0) is 6.42 Å². The van der Waals surface area contributed by atoms with Crippen LogP contribution in [0.5, 0.6) is 0 Å². The Labute approximate surface area is 130 Å². The first-order valence-corrected chi connectivity index (χ1v) is 8.60. The Morgan fingerprint density at radius 2 is 2.00 bits per heavy atom. The molecule has 2 nitrogen and oxygen atoms in total. The van der Waals surface area contributed by atoms with Gasteiger partial charge in [0.15, 0.2) is 0 Å². The predicted molar refractivity (Wildman–Crippen MR) is 93.0 cm³/mol. The van der Waals surface area contributed by atoms with Gasteiger partial charge in [0.1, 0.15) is 0 Å². The van der Waals surface area contributed by atoms with Crippen LogP contribution in [0.4, 0.5) is 5.69 Å². The van der Waals surface area contributed by atoms with Gasteiger partial charge in [-0.15, -0.1) is 0 Å². The molecule has 2 N–H and O–H groups in total. The maximum atomic E-state index is 6.08. The molecule has 0 aromatic heterocycles. The van der Waals surface area contributed by atoms with Gasteiger partial charge in [-0.1, -0.05) is 38.8 Å². The van der Waals surface area contributed by atoms with Crippen molar-refractivity contribution < 1.29 is 0 Å². The van der Waals surface area contributed by atoms with Crippen LogP contribution >= 0.6 is 0 Å². The Morgan fingerprint density at radius 3 is 2.62 bits per heavy atom. The minimum atomic E-state index is 0.284. The molecule has 0 aliphatic heterocycles. The molecule has 3 unspecified atom stereocenters. The summed E-state index contributed by atoms with van der Waals surface area (Å²) in [6, 6.07) is 7.87. The van der Waals surface area contributed by atoms with Crippen LogP contribution in [0.25, 0.3) is 0 Å². The minimum absolute atomic E-state index is 0.284. The number of nitrogens with zero attached hydrogens (tertiary/aromatic N) is 1. The first-order chi connectivity index (χ1) is 10.0. The van der Waals surface area contributed by atoms with Gasteiger partial charge >= 0.3 is 0 Å². The van der Waals surface area contributed by atoms with Crippen LogP contribution in [0.1, 0.15) is 57.1 Å². The Balaban J connectivity index is 2.12. The van der Waals surface area contributed by atoms with Crippen LogP contribution in [0, 0.1) is 12.8 Å². The number of hydrogen-bond acceptors (Lipinski definition) is 2. The van der Waals surface area contributed by atoms with E-state index in [9.17, 15) is 0 Å². The third-order valence-electron chi connectivity index (χ3n) is 5.23. The zero-order chi connectivity index (χ0) is 15.4. The Kier molecular flexibility index (Phi) is 5.69. The van der Waals surface area contributed by atoms with Gasteiger partial charge < -0.3 is 10.6 Å². The second-order valence-electron chi connectivity index (χ2n) is 6.93. The average Bonchev–Trinajstić information content (AvgIpc) is 2.47. The molecule has 1 aliphatic rings. The first kappa shape index (κ1) is 16.4. The summed E-state index contributed by atoms with van der Waals surface area (Å²) in [6.07, 6.45) is 7.51. The number of nitrogens with two attached hydrogens (primary N) is 1. The topological polar surface area (TPSA) is 29.3 Å². The largest absolute Gasteiger partial charge is 0.371 e. The van der Waals surface area contributed by atoms with Crippen molar-refractivity contribution in [3.05, 3.63) is 29.3 Å². The third-order valence-corrected chi connectivity index (χ3v) is 5.23. The maximum Gasteiger partial charge on any atom is 0.0396 e. The highest BCUT2D eigenvalue weighted by Crippen LogP contribution is 2.32. The Hall–Kier alpha value is -1.02. The van der Waals surface area contributed by atoms with Crippen molar-refractivity contribution in [1.29, 1.82) is 0 Å². The Bertz CT molecular complexity index is 455. The first-order valence-electron chi connectivity index (χ1n) is 8.60. The molecule has 1 fully saturated rings. The fourth-order valence-corrected chi connectivity index (χ4v) is 3.74. The molecule has 0 amide bonds. The molecule has 0 spiro atoms. The molecule has 1 aromatic carbocycles. The summed E-state index contributed by atoms with van der Waals surface area (Å²) >= 11 is 0. The molecular weight excluding hydrogens is 256 g/mol. The monoisotopic (exact) mass is 288 g/mol. The minimum Gasteiger partial charge on any atom is -0.371 e. The molecule has 0 bridgehead atoms. The second kappa shape index (κ2) is 7.31. The highest BCUT2D eigenvalue weighted by atomic mass is 15.1. The smallest absolute Gasteiger partial charge is 0.0396 e. The van der Waals surface area contributed by atoms with E-state index in [1.165, 1.54) is 42.5 Å². The Morgan fingerprint density at radius 1 is 1.29 bits per heavy atom. The summed E-state index contributed by atoms with van der Waals surface area (Å²) < 4.78 is 0. The van der Waals surface area contributed by atoms with Gasteiger partial charge in [-0.3, -0.25) is 0 Å². The number of hydrogen-bond donors (Lipinski definition) is 1. The van der Waals surface area contributed by atoms with E-state index in [0.717, 1.165) is 18.8 Å². The normalized spacial score (nSPS) is 23.9. The number of rotatable bonds is 5. The lowest BCUT2D eigenvalue weighted by Gasteiger charge is -2.38. The summed E-state index contributed by atoms with van der Waals surface area (Å²) in [4.78, 5) is 2.52. The molecule has 3 atom stereocenters. The van der Waals surface area contributed by atoms with Crippen LogP contribution < -0.4 is 10.6 Å². The standard InChI is InChI=1S/C19H32N2/c1-5-17(20)13-16-10-11-19(15(3)12-16)21(4)18-9-7-6-8-14(18)2/h10-12,14,17-18H,5-9,13,20H2,1-4H3.